The largest absolute Gasteiger partial charge is 0.364 e. The molecule has 126 valence electrons. The highest BCUT2D eigenvalue weighted by Crippen LogP contribution is 2.41. The highest BCUT2D eigenvalue weighted by atomic mass is 35.5. The van der Waals surface area contributed by atoms with Gasteiger partial charge >= 0.3 is 0 Å². The van der Waals surface area contributed by atoms with Crippen LogP contribution in [0.1, 0.15) is 37.3 Å². The summed E-state index contributed by atoms with van der Waals surface area (Å²) in [4.78, 5) is 12.6. The van der Waals surface area contributed by atoms with Gasteiger partial charge in [-0.05, 0) is 49.4 Å². The molecule has 0 aliphatic heterocycles. The van der Waals surface area contributed by atoms with E-state index in [0.717, 1.165) is 30.4 Å². The van der Waals surface area contributed by atoms with Crippen LogP contribution in [0.5, 0.6) is 0 Å². The van der Waals surface area contributed by atoms with Crippen LogP contribution in [-0.2, 0) is 21.7 Å². The molecule has 1 saturated carbocycles. The van der Waals surface area contributed by atoms with Crippen LogP contribution in [0.3, 0.4) is 0 Å². The molecule has 0 spiro atoms. The Bertz CT molecular complexity index is 681. The Morgan fingerprint density at radius 2 is 1.83 bits per heavy atom. The molecule has 1 aliphatic carbocycles. The third kappa shape index (κ3) is 3.80. The first-order valence-electron chi connectivity index (χ1n) is 8.33. The Balaban J connectivity index is 1.61. The van der Waals surface area contributed by atoms with E-state index < -0.39 is 6.10 Å². The number of carbonyl (C=O) groups excluding carboxylic acids is 1. The third-order valence-electron chi connectivity index (χ3n) is 4.68. The van der Waals surface area contributed by atoms with E-state index in [1.807, 2.05) is 54.6 Å². The quantitative estimate of drug-likeness (QED) is 0.842. The standard InChI is InChI=1S/C20H22ClNO2/c1-15(24-14-16-6-3-2-4-7-16)19(23)22-20(12-5-13-20)17-8-10-18(21)11-9-17/h2-4,6-11,15H,5,12-14H2,1H3,(H,22,23). The molecule has 1 N–H and O–H groups in total. The van der Waals surface area contributed by atoms with E-state index in [1.165, 1.54) is 0 Å². The van der Waals surface area contributed by atoms with Crippen LogP contribution in [0.15, 0.2) is 54.6 Å². The average molecular weight is 344 g/mol. The molecule has 1 amide bonds. The summed E-state index contributed by atoms with van der Waals surface area (Å²) in [7, 11) is 0. The summed E-state index contributed by atoms with van der Waals surface area (Å²) in [6.07, 6.45) is 2.52. The summed E-state index contributed by atoms with van der Waals surface area (Å²) < 4.78 is 5.73. The van der Waals surface area contributed by atoms with Gasteiger partial charge in [0.25, 0.3) is 0 Å². The molecule has 1 aliphatic rings. The molecule has 1 fully saturated rings. The highest BCUT2D eigenvalue weighted by Gasteiger charge is 2.40. The fraction of sp³-hybridized carbons (Fsp3) is 0.350. The van der Waals surface area contributed by atoms with E-state index in [1.54, 1.807) is 6.92 Å². The second kappa shape index (κ2) is 7.37. The molecule has 3 nitrogen and oxygen atoms in total. The maximum absolute atomic E-state index is 12.6. The molecule has 0 radical (unpaired) electrons. The number of carbonyl (C=O) groups is 1. The predicted molar refractivity (Wildman–Crippen MR) is 95.8 cm³/mol. The van der Waals surface area contributed by atoms with Gasteiger partial charge in [-0.2, -0.15) is 0 Å². The van der Waals surface area contributed by atoms with Crippen molar-refractivity contribution in [1.82, 2.24) is 5.32 Å². The van der Waals surface area contributed by atoms with Crippen molar-refractivity contribution in [2.75, 3.05) is 0 Å². The molecule has 1 unspecified atom stereocenters. The second-order valence-electron chi connectivity index (χ2n) is 6.37. The van der Waals surface area contributed by atoms with Crippen LogP contribution >= 0.6 is 11.6 Å². The van der Waals surface area contributed by atoms with Crippen molar-refractivity contribution in [2.24, 2.45) is 0 Å². The van der Waals surface area contributed by atoms with E-state index in [4.69, 9.17) is 16.3 Å². The second-order valence-corrected chi connectivity index (χ2v) is 6.81. The van der Waals surface area contributed by atoms with Gasteiger partial charge in [0.2, 0.25) is 5.91 Å². The van der Waals surface area contributed by atoms with Gasteiger partial charge in [-0.15, -0.1) is 0 Å². The van der Waals surface area contributed by atoms with Gasteiger partial charge in [0.1, 0.15) is 6.10 Å². The average Bonchev–Trinajstić information content (AvgIpc) is 2.57. The highest BCUT2D eigenvalue weighted by molar-refractivity contribution is 6.30. The Morgan fingerprint density at radius 1 is 1.17 bits per heavy atom. The summed E-state index contributed by atoms with van der Waals surface area (Å²) in [6.45, 7) is 2.23. The summed E-state index contributed by atoms with van der Waals surface area (Å²) in [5.74, 6) is -0.0689. The van der Waals surface area contributed by atoms with Gasteiger partial charge in [-0.25, -0.2) is 0 Å². The van der Waals surface area contributed by atoms with Gasteiger partial charge < -0.3 is 10.1 Å². The summed E-state index contributed by atoms with van der Waals surface area (Å²) >= 11 is 5.97. The summed E-state index contributed by atoms with van der Waals surface area (Å²) in [5, 5.41) is 3.90. The molecule has 2 aromatic carbocycles. The van der Waals surface area contributed by atoms with Gasteiger partial charge in [-0.3, -0.25) is 4.79 Å². The van der Waals surface area contributed by atoms with Crippen molar-refractivity contribution >= 4 is 17.5 Å². The summed E-state index contributed by atoms with van der Waals surface area (Å²) in [5.41, 5.74) is 1.90. The van der Waals surface area contributed by atoms with Crippen LogP contribution in [-0.4, -0.2) is 12.0 Å². The van der Waals surface area contributed by atoms with Gasteiger partial charge in [0.15, 0.2) is 0 Å². The lowest BCUT2D eigenvalue weighted by Crippen LogP contribution is -2.53. The maximum atomic E-state index is 12.6. The zero-order valence-electron chi connectivity index (χ0n) is 13.8. The van der Waals surface area contributed by atoms with Crippen LogP contribution in [0.2, 0.25) is 5.02 Å². The van der Waals surface area contributed by atoms with Gasteiger partial charge in [-0.1, -0.05) is 54.1 Å². The lowest BCUT2D eigenvalue weighted by atomic mass is 9.71. The molecular formula is C20H22ClNO2. The molecule has 0 bridgehead atoms. The van der Waals surface area contributed by atoms with Crippen molar-refractivity contribution in [3.63, 3.8) is 0 Å². The van der Waals surface area contributed by atoms with Gasteiger partial charge in [0.05, 0.1) is 12.1 Å². The number of halogens is 1. The molecule has 2 aromatic rings. The SMILES string of the molecule is CC(OCc1ccccc1)C(=O)NC1(c2ccc(Cl)cc2)CCC1. The minimum absolute atomic E-state index is 0.0689. The van der Waals surface area contributed by atoms with Crippen LogP contribution in [0.4, 0.5) is 0 Å². The maximum Gasteiger partial charge on any atom is 0.249 e. The number of hydrogen-bond acceptors (Lipinski definition) is 2. The van der Waals surface area contributed by atoms with E-state index in [9.17, 15) is 4.79 Å². The Labute approximate surface area is 148 Å². The van der Waals surface area contributed by atoms with Gasteiger partial charge in [0, 0.05) is 5.02 Å². The normalized spacial score (nSPS) is 16.9. The molecule has 0 aromatic heterocycles. The van der Waals surface area contributed by atoms with Crippen LogP contribution < -0.4 is 5.32 Å². The van der Waals surface area contributed by atoms with Crippen molar-refractivity contribution in [3.8, 4) is 0 Å². The molecular weight excluding hydrogens is 322 g/mol. The first-order chi connectivity index (χ1) is 11.6. The lowest BCUT2D eigenvalue weighted by molar-refractivity contribution is -0.135. The molecule has 0 saturated heterocycles. The van der Waals surface area contributed by atoms with Crippen LogP contribution in [0, 0.1) is 0 Å². The minimum Gasteiger partial charge on any atom is -0.364 e. The van der Waals surface area contributed by atoms with E-state index in [0.29, 0.717) is 11.6 Å². The molecule has 1 atom stereocenters. The Kier molecular flexibility index (Phi) is 5.22. The van der Waals surface area contributed by atoms with E-state index in [2.05, 4.69) is 5.32 Å². The zero-order chi connectivity index (χ0) is 17.0. The van der Waals surface area contributed by atoms with Crippen molar-refractivity contribution in [2.45, 2.75) is 44.4 Å². The number of hydrogen-bond donors (Lipinski definition) is 1. The molecule has 4 heteroatoms. The zero-order valence-corrected chi connectivity index (χ0v) is 14.6. The first kappa shape index (κ1) is 17.0. The number of benzene rings is 2. The molecule has 3 rings (SSSR count). The molecule has 24 heavy (non-hydrogen) atoms. The van der Waals surface area contributed by atoms with Crippen molar-refractivity contribution < 1.29 is 9.53 Å². The lowest BCUT2D eigenvalue weighted by Gasteiger charge is -2.43. The van der Waals surface area contributed by atoms with E-state index >= 15 is 0 Å². The number of ether oxygens (including phenoxy) is 1. The number of rotatable bonds is 6. The smallest absolute Gasteiger partial charge is 0.249 e. The van der Waals surface area contributed by atoms with Crippen LogP contribution in [0.25, 0.3) is 0 Å². The topological polar surface area (TPSA) is 38.3 Å². The number of nitrogens with one attached hydrogen (secondary N) is 1. The van der Waals surface area contributed by atoms with Crippen molar-refractivity contribution in [1.29, 1.82) is 0 Å². The fourth-order valence-electron chi connectivity index (χ4n) is 2.99. The predicted octanol–water partition coefficient (Wildman–Crippen LogP) is 4.44. The fourth-order valence-corrected chi connectivity index (χ4v) is 3.12. The minimum atomic E-state index is -0.491. The third-order valence-corrected chi connectivity index (χ3v) is 4.93. The monoisotopic (exact) mass is 343 g/mol. The van der Waals surface area contributed by atoms with E-state index in [-0.39, 0.29) is 11.4 Å². The molecule has 0 heterocycles. The van der Waals surface area contributed by atoms with Crippen molar-refractivity contribution in [3.05, 3.63) is 70.7 Å². The Morgan fingerprint density at radius 3 is 2.42 bits per heavy atom. The number of amides is 1. The first-order valence-corrected chi connectivity index (χ1v) is 8.70. The summed E-state index contributed by atoms with van der Waals surface area (Å²) in [6, 6.07) is 17.6. The Hall–Kier alpha value is -1.84.